The number of nitrogens with zero attached hydrogens (tertiary/aromatic N) is 2. The predicted molar refractivity (Wildman–Crippen MR) is 81.3 cm³/mol. The molecule has 1 aromatic carbocycles. The minimum atomic E-state index is -5.35. The van der Waals surface area contributed by atoms with Crippen molar-refractivity contribution in [2.45, 2.75) is 18.5 Å². The van der Waals surface area contributed by atoms with Crippen molar-refractivity contribution in [2.75, 3.05) is 11.9 Å². The minimum absolute atomic E-state index is 0.0593. The molecule has 154 valence electrons. The van der Waals surface area contributed by atoms with E-state index in [-0.39, 0.29) is 29.5 Å². The molecule has 0 spiro atoms. The summed E-state index contributed by atoms with van der Waals surface area (Å²) >= 11 is 5.22. The van der Waals surface area contributed by atoms with Gasteiger partial charge in [-0.25, -0.2) is 4.98 Å². The van der Waals surface area contributed by atoms with Crippen LogP contribution in [0.3, 0.4) is 0 Å². The highest BCUT2D eigenvalue weighted by Gasteiger charge is 2.40. The number of anilines is 1. The largest absolute Gasteiger partial charge is 0.435 e. The molecule has 0 N–H and O–H groups in total. The molecule has 0 radical (unpaired) electrons. The summed E-state index contributed by atoms with van der Waals surface area (Å²) in [5, 5.41) is -1.20. The van der Waals surface area contributed by atoms with Crippen LogP contribution in [0.25, 0.3) is 0 Å². The summed E-state index contributed by atoms with van der Waals surface area (Å²) in [6, 6.07) is -0.426. The van der Waals surface area contributed by atoms with Crippen molar-refractivity contribution in [3.05, 3.63) is 44.9 Å². The number of carbonyl (C=O) groups is 1. The van der Waals surface area contributed by atoms with Crippen LogP contribution in [0.1, 0.15) is 31.3 Å². The number of alkyl halides is 9. The van der Waals surface area contributed by atoms with Crippen LogP contribution in [0.4, 0.5) is 44.6 Å². The van der Waals surface area contributed by atoms with Gasteiger partial charge in [0.2, 0.25) is 0 Å². The van der Waals surface area contributed by atoms with Crippen LogP contribution >= 0.6 is 22.9 Å². The van der Waals surface area contributed by atoms with Crippen LogP contribution in [0.15, 0.2) is 18.2 Å². The van der Waals surface area contributed by atoms with Gasteiger partial charge in [-0.1, -0.05) is 22.9 Å². The van der Waals surface area contributed by atoms with Crippen LogP contribution in [-0.2, 0) is 18.5 Å². The van der Waals surface area contributed by atoms with Gasteiger partial charge in [-0.05, 0) is 18.2 Å². The lowest BCUT2D eigenvalue weighted by molar-refractivity contribution is -0.143. The third-order valence-electron chi connectivity index (χ3n) is 3.07. The number of aromatic nitrogens is 1. The maximum absolute atomic E-state index is 13.0. The Morgan fingerprint density at radius 2 is 1.50 bits per heavy atom. The van der Waals surface area contributed by atoms with Gasteiger partial charge in [0.1, 0.15) is 4.34 Å². The first-order valence-electron chi connectivity index (χ1n) is 8.10. The Kier molecular flexibility index (Phi) is 4.57. The first-order chi connectivity index (χ1) is 13.7. The van der Waals surface area contributed by atoms with E-state index in [4.69, 9.17) is 15.7 Å². The van der Waals surface area contributed by atoms with Gasteiger partial charge in [0, 0.05) is 16.7 Å². The minimum Gasteiger partial charge on any atom is -0.287 e. The van der Waals surface area contributed by atoms with Crippen molar-refractivity contribution < 1.29 is 48.4 Å². The van der Waals surface area contributed by atoms with Gasteiger partial charge in [-0.2, -0.15) is 39.5 Å². The summed E-state index contributed by atoms with van der Waals surface area (Å²) in [4.78, 5) is 15.1. The quantitative estimate of drug-likeness (QED) is 0.506. The molecule has 0 fully saturated rings. The smallest absolute Gasteiger partial charge is 0.287 e. The number of rotatable bonds is 2. The summed E-state index contributed by atoms with van der Waals surface area (Å²) in [5.41, 5.74) is -7.02. The van der Waals surface area contributed by atoms with E-state index in [0.717, 1.165) is 0 Å². The third kappa shape index (κ3) is 4.69. The summed E-state index contributed by atoms with van der Waals surface area (Å²) in [7, 11) is 0. The van der Waals surface area contributed by atoms with E-state index in [9.17, 15) is 44.3 Å². The van der Waals surface area contributed by atoms with E-state index in [0.29, 0.717) is 0 Å². The number of thiazole rings is 1. The zero-order chi connectivity index (χ0) is 24.2. The molecule has 2 rings (SSSR count). The molecule has 2 aromatic rings. The Balaban J connectivity index is 2.70. The average Bonchev–Trinajstić information content (AvgIpc) is 2.93. The number of halogens is 10. The highest BCUT2D eigenvalue weighted by molar-refractivity contribution is 7.19. The zero-order valence-corrected chi connectivity index (χ0v) is 14.3. The van der Waals surface area contributed by atoms with Gasteiger partial charge < -0.3 is 0 Å². The van der Waals surface area contributed by atoms with Crippen molar-refractivity contribution in [3.63, 3.8) is 0 Å². The fourth-order valence-electron chi connectivity index (χ4n) is 1.86. The maximum atomic E-state index is 13.0. The summed E-state index contributed by atoms with van der Waals surface area (Å²) < 4.78 is 137. The fourth-order valence-corrected chi connectivity index (χ4v) is 2.94. The molecule has 28 heavy (non-hydrogen) atoms. The molecule has 14 heteroatoms. The van der Waals surface area contributed by atoms with Crippen LogP contribution < -0.4 is 4.90 Å². The summed E-state index contributed by atoms with van der Waals surface area (Å²) in [6.07, 6.45) is -15.9. The molecule has 0 aliphatic rings. The summed E-state index contributed by atoms with van der Waals surface area (Å²) in [6.45, 7) is -3.63. The lowest BCUT2D eigenvalue weighted by Crippen LogP contribution is -2.27. The molecule has 1 amide bonds. The number of hydrogen-bond donors (Lipinski definition) is 0. The number of benzene rings is 1. The Morgan fingerprint density at radius 3 is 1.86 bits per heavy atom. The van der Waals surface area contributed by atoms with E-state index in [2.05, 4.69) is 4.98 Å². The Labute approximate surface area is 163 Å². The monoisotopic (exact) mass is 459 g/mol. The highest BCUT2D eigenvalue weighted by Crippen LogP contribution is 2.41. The molecular formula is C14H6ClF9N2OS. The van der Waals surface area contributed by atoms with Gasteiger partial charge in [0.15, 0.2) is 10.8 Å². The molecule has 0 aliphatic carbocycles. The predicted octanol–water partition coefficient (Wildman–Crippen LogP) is 6.13. The van der Waals surface area contributed by atoms with Gasteiger partial charge in [0.05, 0.1) is 11.1 Å². The van der Waals surface area contributed by atoms with Gasteiger partial charge >= 0.3 is 18.5 Å². The third-order valence-corrected chi connectivity index (χ3v) is 4.31. The van der Waals surface area contributed by atoms with E-state index in [1.165, 1.54) is 0 Å². The van der Waals surface area contributed by atoms with Crippen LogP contribution in [0, 0.1) is 0 Å². The molecule has 0 bridgehead atoms. The summed E-state index contributed by atoms with van der Waals surface area (Å²) in [5.74, 6) is -1.98. The van der Waals surface area contributed by atoms with Gasteiger partial charge in [-0.15, -0.1) is 0 Å². The van der Waals surface area contributed by atoms with Crippen molar-refractivity contribution in [2.24, 2.45) is 0 Å². The molecule has 0 atom stereocenters. The van der Waals surface area contributed by atoms with Crippen LogP contribution in [0.2, 0.25) is 4.34 Å². The van der Waals surface area contributed by atoms with Crippen LogP contribution in [-0.4, -0.2) is 17.9 Å². The molecular weight excluding hydrogens is 451 g/mol. The zero-order valence-electron chi connectivity index (χ0n) is 15.7. The van der Waals surface area contributed by atoms with E-state index >= 15 is 0 Å². The van der Waals surface area contributed by atoms with Crippen molar-refractivity contribution in [1.29, 1.82) is 0 Å². The van der Waals surface area contributed by atoms with Gasteiger partial charge in [0.25, 0.3) is 5.91 Å². The lowest BCUT2D eigenvalue weighted by Gasteiger charge is -2.17. The Bertz CT molecular complexity index is 967. The second-order valence-electron chi connectivity index (χ2n) is 5.05. The van der Waals surface area contributed by atoms with E-state index in [1.54, 1.807) is 0 Å². The van der Waals surface area contributed by atoms with Crippen molar-refractivity contribution in [3.8, 4) is 0 Å². The lowest BCUT2D eigenvalue weighted by atomic mass is 10.0. The maximum Gasteiger partial charge on any atom is 0.435 e. The van der Waals surface area contributed by atoms with Crippen molar-refractivity contribution >= 4 is 34.0 Å². The van der Waals surface area contributed by atoms with E-state index < -0.39 is 68.2 Å². The molecule has 0 aliphatic heterocycles. The Morgan fingerprint density at radius 1 is 1.00 bits per heavy atom. The highest BCUT2D eigenvalue weighted by atomic mass is 35.5. The number of carbonyl (C=O) groups excluding carboxylic acids is 1. The second kappa shape index (κ2) is 7.10. The molecule has 3 nitrogen and oxygen atoms in total. The first kappa shape index (κ1) is 18.0. The SMILES string of the molecule is [2H]C([2H])([2H])N(C(=O)c1cc(C(F)(F)F)cc(C(F)(F)F)c1)c1nc(C(F)(F)F)c(Cl)s1. The second-order valence-corrected chi connectivity index (χ2v) is 6.63. The van der Waals surface area contributed by atoms with E-state index in [1.807, 2.05) is 0 Å². The number of amides is 1. The Hall–Kier alpha value is -2.02. The van der Waals surface area contributed by atoms with Crippen LogP contribution in [0.5, 0.6) is 0 Å². The van der Waals surface area contributed by atoms with Crippen molar-refractivity contribution in [1.82, 2.24) is 4.98 Å². The first-order valence-corrected chi connectivity index (χ1v) is 7.80. The standard InChI is InChI=1S/C14H6ClF9N2OS/c1-26(11-25-8(9(15)28-11)14(22,23)24)10(27)5-2-6(12(16,17)18)4-7(3-5)13(19,20)21/h2-4H,1H3/i1D3. The van der Waals surface area contributed by atoms with Gasteiger partial charge in [-0.3, -0.25) is 9.69 Å². The normalized spacial score (nSPS) is 15.0. The molecule has 0 saturated carbocycles. The topological polar surface area (TPSA) is 33.2 Å². The average molecular weight is 460 g/mol. The molecule has 0 unspecified atom stereocenters. The molecule has 0 saturated heterocycles. The number of hydrogen-bond acceptors (Lipinski definition) is 3. The molecule has 1 heterocycles. The molecule has 1 aromatic heterocycles. The fraction of sp³-hybridized carbons (Fsp3) is 0.286.